The highest BCUT2D eigenvalue weighted by Gasteiger charge is 2.24. The van der Waals surface area contributed by atoms with Crippen molar-refractivity contribution in [1.29, 1.82) is 0 Å². The molecule has 2 aliphatic rings. The van der Waals surface area contributed by atoms with Gasteiger partial charge in [-0.1, -0.05) is 131 Å². The Morgan fingerprint density at radius 1 is 0.444 bits per heavy atom. The van der Waals surface area contributed by atoms with Gasteiger partial charge in [-0.3, -0.25) is 0 Å². The van der Waals surface area contributed by atoms with E-state index in [4.69, 9.17) is 0 Å². The van der Waals surface area contributed by atoms with Gasteiger partial charge in [-0.05, 0) is 70.2 Å². The molecule has 0 atom stereocenters. The minimum atomic E-state index is 0.975. The van der Waals surface area contributed by atoms with Crippen molar-refractivity contribution in [2.45, 2.75) is 25.7 Å². The molecule has 0 aromatic heterocycles. The summed E-state index contributed by atoms with van der Waals surface area (Å²) >= 11 is 0. The Bertz CT molecular complexity index is 1450. The van der Waals surface area contributed by atoms with E-state index in [1.54, 1.807) is 0 Å². The van der Waals surface area contributed by atoms with Crippen molar-refractivity contribution in [2.75, 3.05) is 0 Å². The van der Waals surface area contributed by atoms with Crippen molar-refractivity contribution in [3.05, 3.63) is 154 Å². The molecule has 2 radical (unpaired) electrons. The maximum Gasteiger partial charge on any atom is 0.192 e. The van der Waals surface area contributed by atoms with E-state index in [1.807, 2.05) is 0 Å². The molecule has 36 heavy (non-hydrogen) atoms. The van der Waals surface area contributed by atoms with Gasteiger partial charge in [0.25, 0.3) is 0 Å². The Labute approximate surface area is 215 Å². The molecular formula is C34H26B2. The molecule has 0 fully saturated rings. The zero-order valence-electron chi connectivity index (χ0n) is 20.4. The van der Waals surface area contributed by atoms with Crippen LogP contribution in [0.4, 0.5) is 0 Å². The number of hydrogen-bond acceptors (Lipinski definition) is 0. The van der Waals surface area contributed by atoms with Crippen molar-refractivity contribution in [2.24, 2.45) is 0 Å². The van der Waals surface area contributed by atoms with E-state index in [0.717, 1.165) is 25.7 Å². The second kappa shape index (κ2) is 9.03. The maximum atomic E-state index is 2.47. The number of rotatable bonds is 4. The van der Waals surface area contributed by atoms with Crippen molar-refractivity contribution >= 4 is 36.4 Å². The van der Waals surface area contributed by atoms with Crippen molar-refractivity contribution in [3.8, 4) is 0 Å². The Kier molecular flexibility index (Phi) is 5.39. The molecule has 168 valence electrons. The highest BCUT2D eigenvalue weighted by molar-refractivity contribution is 6.72. The van der Waals surface area contributed by atoms with E-state index in [1.165, 1.54) is 66.4 Å². The summed E-state index contributed by atoms with van der Waals surface area (Å²) in [6.45, 7) is 0. The first-order valence-electron chi connectivity index (χ1n) is 12.9. The van der Waals surface area contributed by atoms with E-state index in [2.05, 4.69) is 124 Å². The third-order valence-corrected chi connectivity index (χ3v) is 7.81. The Balaban J connectivity index is 1.21. The lowest BCUT2D eigenvalue weighted by molar-refractivity contribution is 1.13. The quantitative estimate of drug-likeness (QED) is 0.352. The summed E-state index contributed by atoms with van der Waals surface area (Å²) in [5.41, 5.74) is 16.9. The molecule has 0 bridgehead atoms. The summed E-state index contributed by atoms with van der Waals surface area (Å²) < 4.78 is 0. The van der Waals surface area contributed by atoms with Gasteiger partial charge < -0.3 is 0 Å². The van der Waals surface area contributed by atoms with Crippen molar-refractivity contribution in [3.63, 3.8) is 0 Å². The van der Waals surface area contributed by atoms with Gasteiger partial charge in [-0.15, -0.1) is 0 Å². The predicted octanol–water partition coefficient (Wildman–Crippen LogP) is 3.99. The van der Waals surface area contributed by atoms with Crippen LogP contribution < -0.4 is 21.9 Å². The van der Waals surface area contributed by atoms with Crippen LogP contribution in [0.25, 0.3) is 0 Å². The fraction of sp³-hybridized carbons (Fsp3) is 0.118. The summed E-state index contributed by atoms with van der Waals surface area (Å²) in [6.07, 6.45) is 3.97. The molecule has 0 unspecified atom stereocenters. The molecule has 7 rings (SSSR count). The SMILES string of the molecule is [B]1c2cc3c(cc2Cc2cccc(Cc4ccccc4)c21)Cc1cccc(Cc2ccccc2)c1[B]3. The average Bonchev–Trinajstić information content (AvgIpc) is 2.91. The Morgan fingerprint density at radius 3 is 1.39 bits per heavy atom. The molecule has 0 N–H and O–H groups in total. The molecule has 5 aromatic carbocycles. The standard InChI is InChI=1S/C34H26B2/c1-3-9-23(10-4-1)17-25-13-7-15-27-19-29-21-30-20-28-16-8-14-26(18-24-11-5-2-6-12-24)34(28)36-32(30)22-31(29)35-33(25)27/h1-16,21-22H,17-20H2. The Hall–Kier alpha value is -3.77. The molecule has 0 aliphatic carbocycles. The molecule has 2 aliphatic heterocycles. The number of fused-ring (bicyclic) bond motifs is 4. The smallest absolute Gasteiger partial charge is 0.0785 e. The van der Waals surface area contributed by atoms with Crippen molar-refractivity contribution in [1.82, 2.24) is 0 Å². The molecular weight excluding hydrogens is 430 g/mol. The molecule has 2 heteroatoms. The third kappa shape index (κ3) is 4.01. The summed E-state index contributed by atoms with van der Waals surface area (Å²) in [7, 11) is 4.87. The van der Waals surface area contributed by atoms with Gasteiger partial charge in [0, 0.05) is 0 Å². The lowest BCUT2D eigenvalue weighted by Crippen LogP contribution is -2.45. The minimum Gasteiger partial charge on any atom is -0.0785 e. The second-order valence-electron chi connectivity index (χ2n) is 10.2. The van der Waals surface area contributed by atoms with E-state index < -0.39 is 0 Å². The molecule has 2 heterocycles. The van der Waals surface area contributed by atoms with Crippen LogP contribution in [-0.2, 0) is 25.7 Å². The van der Waals surface area contributed by atoms with Crippen LogP contribution >= 0.6 is 0 Å². The molecule has 0 spiro atoms. The average molecular weight is 456 g/mol. The van der Waals surface area contributed by atoms with E-state index in [-0.39, 0.29) is 0 Å². The second-order valence-corrected chi connectivity index (χ2v) is 10.2. The first-order chi connectivity index (χ1) is 17.8. The third-order valence-electron chi connectivity index (χ3n) is 7.81. The van der Waals surface area contributed by atoms with Gasteiger partial charge in [-0.2, -0.15) is 0 Å². The van der Waals surface area contributed by atoms with E-state index in [9.17, 15) is 0 Å². The van der Waals surface area contributed by atoms with Crippen LogP contribution in [-0.4, -0.2) is 14.6 Å². The minimum absolute atomic E-state index is 0.975. The van der Waals surface area contributed by atoms with E-state index in [0.29, 0.717) is 0 Å². The largest absolute Gasteiger partial charge is 0.192 e. The Morgan fingerprint density at radius 2 is 0.917 bits per heavy atom. The molecule has 0 saturated carbocycles. The molecule has 0 amide bonds. The normalized spacial score (nSPS) is 12.9. The number of hydrogen-bond donors (Lipinski definition) is 0. The maximum absolute atomic E-state index is 2.47. The summed E-state index contributed by atoms with van der Waals surface area (Å²) in [5.74, 6) is 0. The highest BCUT2D eigenvalue weighted by atomic mass is 14.2. The topological polar surface area (TPSA) is 0 Å². The van der Waals surface area contributed by atoms with Gasteiger partial charge in [0.05, 0.1) is 0 Å². The van der Waals surface area contributed by atoms with Gasteiger partial charge in [-0.25, -0.2) is 0 Å². The molecule has 5 aromatic rings. The number of benzene rings is 5. The fourth-order valence-electron chi connectivity index (χ4n) is 5.98. The lowest BCUT2D eigenvalue weighted by atomic mass is 9.50. The highest BCUT2D eigenvalue weighted by Crippen LogP contribution is 2.20. The zero-order chi connectivity index (χ0) is 23.9. The van der Waals surface area contributed by atoms with Crippen LogP contribution in [0.2, 0.25) is 0 Å². The summed E-state index contributed by atoms with van der Waals surface area (Å²) in [5, 5.41) is 0. The summed E-state index contributed by atoms with van der Waals surface area (Å²) in [6, 6.07) is 40.2. The van der Waals surface area contributed by atoms with Crippen LogP contribution in [0.1, 0.15) is 44.5 Å². The van der Waals surface area contributed by atoms with Gasteiger partial charge in [0.2, 0.25) is 0 Å². The lowest BCUT2D eigenvalue weighted by Gasteiger charge is -2.27. The molecule has 0 nitrogen and oxygen atoms in total. The van der Waals surface area contributed by atoms with Crippen LogP contribution in [0.15, 0.2) is 109 Å². The van der Waals surface area contributed by atoms with Crippen LogP contribution in [0, 0.1) is 0 Å². The fourth-order valence-corrected chi connectivity index (χ4v) is 5.98. The van der Waals surface area contributed by atoms with E-state index >= 15 is 0 Å². The summed E-state index contributed by atoms with van der Waals surface area (Å²) in [4.78, 5) is 0. The molecule has 0 saturated heterocycles. The van der Waals surface area contributed by atoms with Crippen LogP contribution in [0.3, 0.4) is 0 Å². The van der Waals surface area contributed by atoms with Crippen LogP contribution in [0.5, 0.6) is 0 Å². The zero-order valence-corrected chi connectivity index (χ0v) is 20.4. The predicted molar refractivity (Wildman–Crippen MR) is 153 cm³/mol. The van der Waals surface area contributed by atoms with Crippen molar-refractivity contribution < 1.29 is 0 Å². The first kappa shape index (κ1) is 21.5. The van der Waals surface area contributed by atoms with Gasteiger partial charge in [0.15, 0.2) is 14.6 Å². The first-order valence-corrected chi connectivity index (χ1v) is 12.9. The monoisotopic (exact) mass is 456 g/mol. The van der Waals surface area contributed by atoms with Gasteiger partial charge in [0.1, 0.15) is 0 Å². The van der Waals surface area contributed by atoms with Gasteiger partial charge >= 0.3 is 0 Å².